The van der Waals surface area contributed by atoms with Crippen molar-refractivity contribution in [3.05, 3.63) is 28.2 Å². The van der Waals surface area contributed by atoms with Gasteiger partial charge in [0.1, 0.15) is 6.10 Å². The predicted octanol–water partition coefficient (Wildman–Crippen LogP) is 4.20. The van der Waals surface area contributed by atoms with Crippen LogP contribution in [-0.2, 0) is 4.74 Å². The number of hydrogen-bond acceptors (Lipinski definition) is 3. The zero-order valence-electron chi connectivity index (χ0n) is 11.1. The van der Waals surface area contributed by atoms with Gasteiger partial charge in [-0.05, 0) is 37.5 Å². The average molecular weight is 317 g/mol. The molecule has 1 aliphatic rings. The van der Waals surface area contributed by atoms with Gasteiger partial charge in [-0.25, -0.2) is 4.79 Å². The maximum atomic E-state index is 11.9. The molecular formula is C14H18Cl2N2O2. The van der Waals surface area contributed by atoms with Crippen LogP contribution in [0.4, 0.5) is 10.5 Å². The highest BCUT2D eigenvalue weighted by Gasteiger charge is 2.24. The maximum absolute atomic E-state index is 11.9. The van der Waals surface area contributed by atoms with Crippen LogP contribution in [0.3, 0.4) is 0 Å². The minimum Gasteiger partial charge on any atom is -0.444 e. The van der Waals surface area contributed by atoms with Gasteiger partial charge in [0.25, 0.3) is 0 Å². The van der Waals surface area contributed by atoms with Crippen molar-refractivity contribution in [1.29, 1.82) is 0 Å². The number of carbonyl (C=O) groups excluding carboxylic acids is 1. The zero-order chi connectivity index (χ0) is 14.5. The van der Waals surface area contributed by atoms with Gasteiger partial charge in [-0.15, -0.1) is 0 Å². The number of amides is 1. The maximum Gasteiger partial charge on any atom is 0.411 e. The monoisotopic (exact) mass is 316 g/mol. The number of benzene rings is 1. The second kappa shape index (κ2) is 7.16. The summed E-state index contributed by atoms with van der Waals surface area (Å²) in [5, 5.41) is 3.54. The molecule has 110 valence electrons. The van der Waals surface area contributed by atoms with E-state index in [1.807, 2.05) is 0 Å². The summed E-state index contributed by atoms with van der Waals surface area (Å²) >= 11 is 11.7. The summed E-state index contributed by atoms with van der Waals surface area (Å²) in [5.74, 6) is 0. The van der Waals surface area contributed by atoms with E-state index in [2.05, 4.69) is 5.32 Å². The minimum absolute atomic E-state index is 0.0915. The molecular weight excluding hydrogens is 299 g/mol. The summed E-state index contributed by atoms with van der Waals surface area (Å²) in [4.78, 5) is 11.9. The second-order valence-corrected chi connectivity index (χ2v) is 5.90. The standard InChI is InChI=1S/C14H18Cl2N2O2/c15-9-6-10(16)8-11(7-9)18-14(19)20-13-5-3-1-2-4-12(13)17/h6-8,12-13H,1-5,17H2,(H,18,19). The normalized spacial score (nSPS) is 22.9. The van der Waals surface area contributed by atoms with E-state index in [0.29, 0.717) is 15.7 Å². The molecule has 0 heterocycles. The lowest BCUT2D eigenvalue weighted by Crippen LogP contribution is -2.38. The third kappa shape index (κ3) is 4.54. The van der Waals surface area contributed by atoms with Gasteiger partial charge in [0.2, 0.25) is 0 Å². The molecule has 1 fully saturated rings. The van der Waals surface area contributed by atoms with E-state index in [1.54, 1.807) is 18.2 Å². The lowest BCUT2D eigenvalue weighted by Gasteiger charge is -2.21. The smallest absolute Gasteiger partial charge is 0.411 e. The van der Waals surface area contributed by atoms with Gasteiger partial charge in [0, 0.05) is 21.8 Å². The molecule has 1 aromatic carbocycles. The van der Waals surface area contributed by atoms with Crippen LogP contribution in [0.1, 0.15) is 32.1 Å². The van der Waals surface area contributed by atoms with Crippen molar-refractivity contribution in [3.8, 4) is 0 Å². The molecule has 0 saturated heterocycles. The Morgan fingerprint density at radius 2 is 1.80 bits per heavy atom. The second-order valence-electron chi connectivity index (χ2n) is 5.03. The van der Waals surface area contributed by atoms with Crippen LogP contribution in [0, 0.1) is 0 Å². The van der Waals surface area contributed by atoms with E-state index in [1.165, 1.54) is 0 Å². The lowest BCUT2D eigenvalue weighted by atomic mass is 10.1. The first-order valence-electron chi connectivity index (χ1n) is 6.74. The van der Waals surface area contributed by atoms with Crippen molar-refractivity contribution in [3.63, 3.8) is 0 Å². The summed E-state index contributed by atoms with van der Waals surface area (Å²) in [6, 6.07) is 4.73. The van der Waals surface area contributed by atoms with Crippen molar-refractivity contribution in [1.82, 2.24) is 0 Å². The van der Waals surface area contributed by atoms with Gasteiger partial charge < -0.3 is 10.5 Å². The Bertz CT molecular complexity index is 462. The van der Waals surface area contributed by atoms with Gasteiger partial charge in [0.05, 0.1) is 0 Å². The van der Waals surface area contributed by atoms with Crippen LogP contribution in [-0.4, -0.2) is 18.2 Å². The molecule has 3 N–H and O–H groups in total. The van der Waals surface area contributed by atoms with Gasteiger partial charge in [-0.2, -0.15) is 0 Å². The Morgan fingerprint density at radius 1 is 1.15 bits per heavy atom. The molecule has 2 rings (SSSR count). The Hall–Kier alpha value is -0.970. The molecule has 0 spiro atoms. The fourth-order valence-electron chi connectivity index (χ4n) is 2.36. The number of carbonyl (C=O) groups is 1. The van der Waals surface area contributed by atoms with E-state index < -0.39 is 6.09 Å². The largest absolute Gasteiger partial charge is 0.444 e. The van der Waals surface area contributed by atoms with E-state index in [4.69, 9.17) is 33.7 Å². The zero-order valence-corrected chi connectivity index (χ0v) is 12.6. The molecule has 0 aliphatic heterocycles. The molecule has 1 saturated carbocycles. The highest BCUT2D eigenvalue weighted by atomic mass is 35.5. The fraction of sp³-hybridized carbons (Fsp3) is 0.500. The summed E-state index contributed by atoms with van der Waals surface area (Å²) < 4.78 is 5.41. The Kier molecular flexibility index (Phi) is 5.52. The van der Waals surface area contributed by atoms with E-state index in [9.17, 15) is 4.79 Å². The Morgan fingerprint density at radius 3 is 2.50 bits per heavy atom. The van der Waals surface area contributed by atoms with Crippen molar-refractivity contribution < 1.29 is 9.53 Å². The van der Waals surface area contributed by atoms with Gasteiger partial charge >= 0.3 is 6.09 Å². The van der Waals surface area contributed by atoms with Crippen LogP contribution in [0.25, 0.3) is 0 Å². The minimum atomic E-state index is -0.523. The number of rotatable bonds is 2. The van der Waals surface area contributed by atoms with Crippen molar-refractivity contribution in [2.75, 3.05) is 5.32 Å². The molecule has 2 unspecified atom stereocenters. The van der Waals surface area contributed by atoms with Crippen LogP contribution in [0.2, 0.25) is 10.0 Å². The number of halogens is 2. The van der Waals surface area contributed by atoms with Crippen LogP contribution < -0.4 is 11.1 Å². The van der Waals surface area contributed by atoms with Crippen LogP contribution in [0.15, 0.2) is 18.2 Å². The van der Waals surface area contributed by atoms with E-state index in [-0.39, 0.29) is 12.1 Å². The van der Waals surface area contributed by atoms with Gasteiger partial charge in [-0.1, -0.05) is 36.0 Å². The topological polar surface area (TPSA) is 64.3 Å². The van der Waals surface area contributed by atoms with Gasteiger partial charge in [0.15, 0.2) is 0 Å². The summed E-state index contributed by atoms with van der Waals surface area (Å²) in [6.07, 6.45) is 4.21. The molecule has 2 atom stereocenters. The Labute approximate surface area is 128 Å². The van der Waals surface area contributed by atoms with E-state index >= 15 is 0 Å². The SMILES string of the molecule is NC1CCCCCC1OC(=O)Nc1cc(Cl)cc(Cl)c1. The molecule has 0 radical (unpaired) electrons. The molecule has 1 aromatic rings. The average Bonchev–Trinajstić information content (AvgIpc) is 2.53. The quantitative estimate of drug-likeness (QED) is 0.803. The highest BCUT2D eigenvalue weighted by Crippen LogP contribution is 2.23. The lowest BCUT2D eigenvalue weighted by molar-refractivity contribution is 0.0899. The summed E-state index contributed by atoms with van der Waals surface area (Å²) in [6.45, 7) is 0. The molecule has 1 amide bonds. The summed E-state index contributed by atoms with van der Waals surface area (Å²) in [7, 11) is 0. The van der Waals surface area contributed by atoms with Gasteiger partial charge in [-0.3, -0.25) is 5.32 Å². The molecule has 20 heavy (non-hydrogen) atoms. The first-order chi connectivity index (χ1) is 9.54. The van der Waals surface area contributed by atoms with E-state index in [0.717, 1.165) is 32.1 Å². The van der Waals surface area contributed by atoms with Crippen molar-refractivity contribution in [2.24, 2.45) is 5.73 Å². The molecule has 0 bridgehead atoms. The number of hydrogen-bond donors (Lipinski definition) is 2. The number of ether oxygens (including phenoxy) is 1. The molecule has 0 aromatic heterocycles. The molecule has 6 heteroatoms. The third-order valence-corrected chi connectivity index (χ3v) is 3.81. The number of anilines is 1. The first-order valence-corrected chi connectivity index (χ1v) is 7.49. The first kappa shape index (κ1) is 15.4. The van der Waals surface area contributed by atoms with Crippen molar-refractivity contribution >= 4 is 35.0 Å². The predicted molar refractivity (Wildman–Crippen MR) is 81.4 cm³/mol. The number of nitrogens with two attached hydrogens (primary N) is 1. The summed E-state index contributed by atoms with van der Waals surface area (Å²) in [5.41, 5.74) is 6.53. The third-order valence-electron chi connectivity index (χ3n) is 3.37. The van der Waals surface area contributed by atoms with Crippen LogP contribution >= 0.6 is 23.2 Å². The van der Waals surface area contributed by atoms with Crippen LogP contribution in [0.5, 0.6) is 0 Å². The number of nitrogens with one attached hydrogen (secondary N) is 1. The highest BCUT2D eigenvalue weighted by molar-refractivity contribution is 6.35. The fourth-order valence-corrected chi connectivity index (χ4v) is 2.89. The Balaban J connectivity index is 1.94. The molecule has 4 nitrogen and oxygen atoms in total. The molecule has 1 aliphatic carbocycles. The van der Waals surface area contributed by atoms with Crippen molar-refractivity contribution in [2.45, 2.75) is 44.2 Å².